The molecule has 0 amide bonds. The second-order valence-corrected chi connectivity index (χ2v) is 9.00. The molecule has 0 bridgehead atoms. The number of aryl methyl sites for hydroxylation is 2. The molecule has 0 saturated carbocycles. The first-order valence-corrected chi connectivity index (χ1v) is 12.0. The van der Waals surface area contributed by atoms with Crippen LogP contribution in [0.15, 0.2) is 127 Å². The molecule has 5 rings (SSSR count). The zero-order chi connectivity index (χ0) is 24.2. The summed E-state index contributed by atoms with van der Waals surface area (Å²) in [5, 5.41) is 0. The van der Waals surface area contributed by atoms with Crippen LogP contribution < -0.4 is 9.80 Å². The fourth-order valence-corrected chi connectivity index (χ4v) is 4.46. The number of para-hydroxylation sites is 1. The highest BCUT2D eigenvalue weighted by Gasteiger charge is 2.12. The van der Waals surface area contributed by atoms with Gasteiger partial charge in [0.05, 0.1) is 0 Å². The Hall–Kier alpha value is -4.30. The van der Waals surface area contributed by atoms with E-state index in [9.17, 15) is 0 Å². The van der Waals surface area contributed by atoms with E-state index in [1.807, 2.05) is 0 Å². The van der Waals surface area contributed by atoms with Crippen molar-refractivity contribution in [2.45, 2.75) is 13.8 Å². The summed E-state index contributed by atoms with van der Waals surface area (Å²) in [7, 11) is 2.11. The molecular weight excluding hydrogens is 424 g/mol. The fraction of sp³-hybridized carbons (Fsp3) is 0.0909. The molecule has 0 aliphatic carbocycles. The largest absolute Gasteiger partial charge is 0.345 e. The van der Waals surface area contributed by atoms with Crippen molar-refractivity contribution in [3.05, 3.63) is 139 Å². The standard InChI is InChI=1S/C33H30N2/c1-25-9-7-13-32(23-25)34(3)29-19-15-27(16-20-29)28-17-21-31(22-18-28)35(30-11-5-4-6-12-30)33-14-8-10-26(2)24-33/h4-24H,1-3H3. The molecule has 2 nitrogen and oxygen atoms in total. The van der Waals surface area contributed by atoms with Crippen molar-refractivity contribution in [1.82, 2.24) is 0 Å². The lowest BCUT2D eigenvalue weighted by Gasteiger charge is -2.26. The van der Waals surface area contributed by atoms with E-state index in [1.54, 1.807) is 0 Å². The Balaban J connectivity index is 1.42. The number of benzene rings is 5. The van der Waals surface area contributed by atoms with Crippen LogP contribution in [-0.2, 0) is 0 Å². The maximum absolute atomic E-state index is 2.30. The molecular formula is C33H30N2. The van der Waals surface area contributed by atoms with Crippen molar-refractivity contribution in [2.24, 2.45) is 0 Å². The van der Waals surface area contributed by atoms with Crippen LogP contribution in [0.4, 0.5) is 28.4 Å². The van der Waals surface area contributed by atoms with Crippen LogP contribution in [-0.4, -0.2) is 7.05 Å². The lowest BCUT2D eigenvalue weighted by Crippen LogP contribution is -2.10. The molecule has 0 heterocycles. The van der Waals surface area contributed by atoms with E-state index in [1.165, 1.54) is 33.6 Å². The van der Waals surface area contributed by atoms with Crippen molar-refractivity contribution < 1.29 is 0 Å². The van der Waals surface area contributed by atoms with Crippen LogP contribution >= 0.6 is 0 Å². The molecule has 0 aromatic heterocycles. The third kappa shape index (κ3) is 4.97. The smallest absolute Gasteiger partial charge is 0.0464 e. The Bertz CT molecular complexity index is 1400. The van der Waals surface area contributed by atoms with Gasteiger partial charge in [-0.1, -0.05) is 66.7 Å². The van der Waals surface area contributed by atoms with Gasteiger partial charge in [-0.3, -0.25) is 0 Å². The van der Waals surface area contributed by atoms with Crippen LogP contribution in [0, 0.1) is 13.8 Å². The lowest BCUT2D eigenvalue weighted by molar-refractivity contribution is 1.20. The van der Waals surface area contributed by atoms with Gasteiger partial charge >= 0.3 is 0 Å². The van der Waals surface area contributed by atoms with Gasteiger partial charge in [-0.15, -0.1) is 0 Å². The highest BCUT2D eigenvalue weighted by molar-refractivity contribution is 5.79. The molecule has 0 N–H and O–H groups in total. The van der Waals surface area contributed by atoms with Crippen molar-refractivity contribution in [3.8, 4) is 11.1 Å². The minimum Gasteiger partial charge on any atom is -0.345 e. The Morgan fingerprint density at radius 3 is 1.43 bits per heavy atom. The van der Waals surface area contributed by atoms with Crippen LogP contribution in [0.1, 0.15) is 11.1 Å². The van der Waals surface area contributed by atoms with Gasteiger partial charge in [0.25, 0.3) is 0 Å². The molecule has 2 heteroatoms. The topological polar surface area (TPSA) is 6.48 Å². The summed E-state index contributed by atoms with van der Waals surface area (Å²) in [6.45, 7) is 4.26. The maximum atomic E-state index is 2.30. The molecule has 0 saturated heterocycles. The van der Waals surface area contributed by atoms with Gasteiger partial charge in [-0.2, -0.15) is 0 Å². The Kier molecular flexibility index (Phi) is 6.36. The highest BCUT2D eigenvalue weighted by Crippen LogP contribution is 2.36. The quantitative estimate of drug-likeness (QED) is 0.252. The molecule has 5 aromatic rings. The number of rotatable bonds is 6. The molecule has 5 aromatic carbocycles. The monoisotopic (exact) mass is 454 g/mol. The minimum absolute atomic E-state index is 1.14. The maximum Gasteiger partial charge on any atom is 0.0464 e. The first-order chi connectivity index (χ1) is 17.1. The lowest BCUT2D eigenvalue weighted by atomic mass is 10.0. The third-order valence-electron chi connectivity index (χ3n) is 6.38. The Labute approximate surface area is 208 Å². The number of anilines is 5. The summed E-state index contributed by atoms with van der Waals surface area (Å²) in [4.78, 5) is 4.52. The average Bonchev–Trinajstić information content (AvgIpc) is 2.90. The average molecular weight is 455 g/mol. The van der Waals surface area contributed by atoms with E-state index in [0.29, 0.717) is 0 Å². The minimum atomic E-state index is 1.14. The highest BCUT2D eigenvalue weighted by atomic mass is 15.1. The second kappa shape index (κ2) is 9.90. The summed E-state index contributed by atoms with van der Waals surface area (Å²) in [6.07, 6.45) is 0. The molecule has 0 fully saturated rings. The van der Waals surface area contributed by atoms with Crippen molar-refractivity contribution >= 4 is 28.4 Å². The first kappa shape index (κ1) is 22.5. The van der Waals surface area contributed by atoms with E-state index in [-0.39, 0.29) is 0 Å². The number of hydrogen-bond donors (Lipinski definition) is 0. The van der Waals surface area contributed by atoms with Gasteiger partial charge in [0.2, 0.25) is 0 Å². The third-order valence-corrected chi connectivity index (χ3v) is 6.38. The van der Waals surface area contributed by atoms with E-state index in [4.69, 9.17) is 0 Å². The molecule has 0 atom stereocenters. The summed E-state index contributed by atoms with van der Waals surface area (Å²) < 4.78 is 0. The van der Waals surface area contributed by atoms with Crippen molar-refractivity contribution in [3.63, 3.8) is 0 Å². The molecule has 35 heavy (non-hydrogen) atoms. The van der Waals surface area contributed by atoms with Gasteiger partial charge in [0.1, 0.15) is 0 Å². The number of nitrogens with zero attached hydrogens (tertiary/aromatic N) is 2. The SMILES string of the molecule is Cc1cccc(N(C)c2ccc(-c3ccc(N(c4ccccc4)c4cccc(C)c4)cc3)cc2)c1. The summed E-state index contributed by atoms with van der Waals surface area (Å²) in [5.41, 5.74) is 10.7. The van der Waals surface area contributed by atoms with Gasteiger partial charge in [-0.05, 0) is 96.8 Å². The zero-order valence-corrected chi connectivity index (χ0v) is 20.5. The fourth-order valence-electron chi connectivity index (χ4n) is 4.46. The van der Waals surface area contributed by atoms with E-state index in [2.05, 4.69) is 158 Å². The van der Waals surface area contributed by atoms with Gasteiger partial charge in [0, 0.05) is 35.5 Å². The first-order valence-electron chi connectivity index (χ1n) is 12.0. The van der Waals surface area contributed by atoms with Crippen LogP contribution in [0.5, 0.6) is 0 Å². The van der Waals surface area contributed by atoms with Gasteiger partial charge < -0.3 is 9.80 Å². The second-order valence-electron chi connectivity index (χ2n) is 9.00. The van der Waals surface area contributed by atoms with Gasteiger partial charge in [-0.25, -0.2) is 0 Å². The molecule has 0 aliphatic heterocycles. The van der Waals surface area contributed by atoms with Crippen molar-refractivity contribution in [2.75, 3.05) is 16.8 Å². The van der Waals surface area contributed by atoms with Gasteiger partial charge in [0.15, 0.2) is 0 Å². The Morgan fingerprint density at radius 2 is 0.857 bits per heavy atom. The molecule has 0 spiro atoms. The molecule has 0 unspecified atom stereocenters. The van der Waals surface area contributed by atoms with Crippen molar-refractivity contribution in [1.29, 1.82) is 0 Å². The van der Waals surface area contributed by atoms with Crippen LogP contribution in [0.2, 0.25) is 0 Å². The zero-order valence-electron chi connectivity index (χ0n) is 20.5. The number of hydrogen-bond acceptors (Lipinski definition) is 2. The summed E-state index contributed by atoms with van der Waals surface area (Å²) in [6, 6.07) is 45.4. The van der Waals surface area contributed by atoms with E-state index in [0.717, 1.165) is 17.1 Å². The summed E-state index contributed by atoms with van der Waals surface area (Å²) >= 11 is 0. The normalized spacial score (nSPS) is 10.7. The Morgan fingerprint density at radius 1 is 0.400 bits per heavy atom. The molecule has 0 aliphatic rings. The van der Waals surface area contributed by atoms with E-state index < -0.39 is 0 Å². The van der Waals surface area contributed by atoms with Crippen LogP contribution in [0.25, 0.3) is 11.1 Å². The predicted molar refractivity (Wildman–Crippen MR) is 151 cm³/mol. The predicted octanol–water partition coefficient (Wildman–Crippen LogP) is 9.21. The van der Waals surface area contributed by atoms with Crippen LogP contribution in [0.3, 0.4) is 0 Å². The van der Waals surface area contributed by atoms with E-state index >= 15 is 0 Å². The molecule has 172 valence electrons. The molecule has 0 radical (unpaired) electrons. The summed E-state index contributed by atoms with van der Waals surface area (Å²) in [5.74, 6) is 0.